The maximum atomic E-state index is 6.34. The third-order valence-electron chi connectivity index (χ3n) is 7.15. The van der Waals surface area contributed by atoms with Crippen molar-refractivity contribution in [3.8, 4) is 22.8 Å². The lowest BCUT2D eigenvalue weighted by atomic mass is 9.81. The molecule has 0 radical (unpaired) electrons. The standard InChI is InChI=1S/C26H36N2O2/c1-5-18-7-9-19(10-8-18)16-30-25-14-20(15-27-22(25)6-2)23-11-12-24(29-4)26(28-23)21-13-17(21)3/h11-12,14-15,17-19,21H,5-10,13,16H2,1-4H3/t17-,18?,19?,21+/m1/s1. The Bertz CT molecular complexity index is 858. The van der Waals surface area contributed by atoms with E-state index in [1.807, 2.05) is 18.3 Å². The van der Waals surface area contributed by atoms with E-state index >= 15 is 0 Å². The Balaban J connectivity index is 1.51. The van der Waals surface area contributed by atoms with Crippen LogP contribution in [0.3, 0.4) is 0 Å². The second-order valence-corrected chi connectivity index (χ2v) is 9.23. The molecule has 0 saturated heterocycles. The summed E-state index contributed by atoms with van der Waals surface area (Å²) >= 11 is 0. The predicted octanol–water partition coefficient (Wildman–Crippen LogP) is 6.43. The van der Waals surface area contributed by atoms with E-state index in [9.17, 15) is 0 Å². The van der Waals surface area contributed by atoms with Crippen molar-refractivity contribution in [2.45, 2.75) is 71.6 Å². The summed E-state index contributed by atoms with van der Waals surface area (Å²) in [6.45, 7) is 7.53. The minimum Gasteiger partial charge on any atom is -0.495 e. The normalized spacial score (nSPS) is 25.7. The fraction of sp³-hybridized carbons (Fsp3) is 0.615. The zero-order chi connectivity index (χ0) is 21.1. The fourth-order valence-corrected chi connectivity index (χ4v) is 4.78. The Hall–Kier alpha value is -2.10. The first-order chi connectivity index (χ1) is 14.6. The lowest BCUT2D eigenvalue weighted by Gasteiger charge is -2.27. The number of aromatic nitrogens is 2. The van der Waals surface area contributed by atoms with E-state index in [1.165, 1.54) is 38.5 Å². The van der Waals surface area contributed by atoms with Gasteiger partial charge in [-0.2, -0.15) is 0 Å². The van der Waals surface area contributed by atoms with Gasteiger partial charge in [0.2, 0.25) is 0 Å². The molecule has 2 fully saturated rings. The average molecular weight is 409 g/mol. The Morgan fingerprint density at radius 3 is 2.40 bits per heavy atom. The van der Waals surface area contributed by atoms with Gasteiger partial charge in [0, 0.05) is 17.7 Å². The summed E-state index contributed by atoms with van der Waals surface area (Å²) < 4.78 is 11.9. The number of methoxy groups -OCH3 is 1. The zero-order valence-electron chi connectivity index (χ0n) is 19.0. The summed E-state index contributed by atoms with van der Waals surface area (Å²) in [5, 5.41) is 0. The van der Waals surface area contributed by atoms with Crippen molar-refractivity contribution in [2.24, 2.45) is 17.8 Å². The first-order valence-electron chi connectivity index (χ1n) is 11.8. The Morgan fingerprint density at radius 1 is 1.03 bits per heavy atom. The topological polar surface area (TPSA) is 44.2 Å². The SMILES string of the molecule is CCc1ncc(-c2ccc(OC)c([C@H]3C[C@H]3C)n2)cc1OCC1CCC(CC)CC1. The van der Waals surface area contributed by atoms with Gasteiger partial charge in [-0.3, -0.25) is 4.98 Å². The van der Waals surface area contributed by atoms with Crippen LogP contribution in [0.25, 0.3) is 11.3 Å². The third-order valence-corrected chi connectivity index (χ3v) is 7.15. The van der Waals surface area contributed by atoms with Crippen molar-refractivity contribution in [1.29, 1.82) is 0 Å². The molecule has 2 heterocycles. The van der Waals surface area contributed by atoms with Crippen LogP contribution >= 0.6 is 0 Å². The summed E-state index contributed by atoms with van der Waals surface area (Å²) in [5.74, 6) is 4.60. The minimum absolute atomic E-state index is 0.511. The van der Waals surface area contributed by atoms with Gasteiger partial charge < -0.3 is 9.47 Å². The molecule has 2 aromatic rings. The Kier molecular flexibility index (Phi) is 6.60. The smallest absolute Gasteiger partial charge is 0.141 e. The molecular formula is C26H36N2O2. The average Bonchev–Trinajstić information content (AvgIpc) is 3.53. The van der Waals surface area contributed by atoms with Gasteiger partial charge in [-0.15, -0.1) is 0 Å². The summed E-state index contributed by atoms with van der Waals surface area (Å²) in [7, 11) is 1.73. The molecule has 4 rings (SSSR count). The number of nitrogens with zero attached hydrogens (tertiary/aromatic N) is 2. The van der Waals surface area contributed by atoms with Crippen molar-refractivity contribution in [2.75, 3.05) is 13.7 Å². The second kappa shape index (κ2) is 9.36. The van der Waals surface area contributed by atoms with Crippen LogP contribution in [0.15, 0.2) is 24.4 Å². The molecule has 2 aliphatic rings. The molecule has 30 heavy (non-hydrogen) atoms. The van der Waals surface area contributed by atoms with E-state index < -0.39 is 0 Å². The van der Waals surface area contributed by atoms with Gasteiger partial charge in [-0.25, -0.2) is 4.98 Å². The van der Waals surface area contributed by atoms with Gasteiger partial charge in [0.05, 0.1) is 30.8 Å². The summed E-state index contributed by atoms with van der Waals surface area (Å²) in [5.41, 5.74) is 4.09. The maximum absolute atomic E-state index is 6.34. The lowest BCUT2D eigenvalue weighted by Crippen LogP contribution is -2.20. The molecule has 4 heteroatoms. The third kappa shape index (κ3) is 4.63. The van der Waals surface area contributed by atoms with Crippen molar-refractivity contribution >= 4 is 0 Å². The summed E-state index contributed by atoms with van der Waals surface area (Å²) in [4.78, 5) is 9.68. The van der Waals surface area contributed by atoms with E-state index in [4.69, 9.17) is 19.4 Å². The van der Waals surface area contributed by atoms with Crippen LogP contribution in [0.5, 0.6) is 11.5 Å². The predicted molar refractivity (Wildman–Crippen MR) is 121 cm³/mol. The van der Waals surface area contributed by atoms with Crippen molar-refractivity contribution in [3.63, 3.8) is 0 Å². The van der Waals surface area contributed by atoms with Crippen LogP contribution in [0, 0.1) is 17.8 Å². The summed E-state index contributed by atoms with van der Waals surface area (Å²) in [6, 6.07) is 6.22. The highest BCUT2D eigenvalue weighted by Crippen LogP contribution is 2.49. The number of hydrogen-bond acceptors (Lipinski definition) is 4. The molecule has 2 saturated carbocycles. The minimum atomic E-state index is 0.511. The van der Waals surface area contributed by atoms with Gasteiger partial charge in [-0.1, -0.05) is 40.0 Å². The molecule has 0 spiro atoms. The quantitative estimate of drug-likeness (QED) is 0.504. The van der Waals surface area contributed by atoms with E-state index in [0.717, 1.165) is 53.1 Å². The van der Waals surface area contributed by atoms with Crippen LogP contribution in [-0.4, -0.2) is 23.7 Å². The highest BCUT2D eigenvalue weighted by molar-refractivity contribution is 5.62. The molecule has 2 aromatic heterocycles. The Morgan fingerprint density at radius 2 is 1.77 bits per heavy atom. The van der Waals surface area contributed by atoms with Crippen molar-refractivity contribution in [3.05, 3.63) is 35.8 Å². The molecule has 2 aliphatic carbocycles. The largest absolute Gasteiger partial charge is 0.495 e. The van der Waals surface area contributed by atoms with Crippen molar-refractivity contribution in [1.82, 2.24) is 9.97 Å². The molecule has 0 amide bonds. The second-order valence-electron chi connectivity index (χ2n) is 9.23. The molecule has 0 aromatic carbocycles. The first kappa shape index (κ1) is 21.1. The van der Waals surface area contributed by atoms with Crippen LogP contribution in [0.2, 0.25) is 0 Å². The van der Waals surface area contributed by atoms with Crippen LogP contribution < -0.4 is 9.47 Å². The molecule has 0 aliphatic heterocycles. The number of rotatable bonds is 8. The molecular weight excluding hydrogens is 372 g/mol. The molecule has 0 N–H and O–H groups in total. The van der Waals surface area contributed by atoms with Gasteiger partial charge in [0.1, 0.15) is 11.5 Å². The number of aryl methyl sites for hydroxylation is 1. The van der Waals surface area contributed by atoms with Crippen LogP contribution in [0.1, 0.15) is 76.6 Å². The number of pyridine rings is 2. The zero-order valence-corrected chi connectivity index (χ0v) is 19.0. The van der Waals surface area contributed by atoms with E-state index in [2.05, 4.69) is 26.8 Å². The monoisotopic (exact) mass is 408 g/mol. The number of ether oxygens (including phenoxy) is 2. The van der Waals surface area contributed by atoms with E-state index in [1.54, 1.807) is 7.11 Å². The van der Waals surface area contributed by atoms with E-state index in [-0.39, 0.29) is 0 Å². The van der Waals surface area contributed by atoms with Crippen LogP contribution in [0.4, 0.5) is 0 Å². The fourth-order valence-electron chi connectivity index (χ4n) is 4.78. The highest BCUT2D eigenvalue weighted by Gasteiger charge is 2.37. The van der Waals surface area contributed by atoms with Crippen molar-refractivity contribution < 1.29 is 9.47 Å². The van der Waals surface area contributed by atoms with Gasteiger partial charge in [-0.05, 0) is 61.6 Å². The molecule has 4 nitrogen and oxygen atoms in total. The van der Waals surface area contributed by atoms with Gasteiger partial charge in [0.25, 0.3) is 0 Å². The Labute approximate surface area is 181 Å². The molecule has 0 bridgehead atoms. The maximum Gasteiger partial charge on any atom is 0.141 e. The van der Waals surface area contributed by atoms with Crippen LogP contribution in [-0.2, 0) is 6.42 Å². The number of hydrogen-bond donors (Lipinski definition) is 0. The lowest BCUT2D eigenvalue weighted by molar-refractivity contribution is 0.179. The van der Waals surface area contributed by atoms with Gasteiger partial charge in [0.15, 0.2) is 0 Å². The molecule has 2 atom stereocenters. The summed E-state index contributed by atoms with van der Waals surface area (Å²) in [6.07, 6.45) is 10.6. The van der Waals surface area contributed by atoms with E-state index in [0.29, 0.717) is 17.8 Å². The highest BCUT2D eigenvalue weighted by atomic mass is 16.5. The first-order valence-corrected chi connectivity index (χ1v) is 11.8. The van der Waals surface area contributed by atoms with Gasteiger partial charge >= 0.3 is 0 Å². The molecule has 0 unspecified atom stereocenters. The molecule has 162 valence electrons.